The maximum absolute atomic E-state index is 12.7. The molecular formula is C24H24ClNO6. The van der Waals surface area contributed by atoms with Crippen molar-refractivity contribution in [1.82, 2.24) is 5.32 Å². The molecule has 0 aliphatic carbocycles. The molecule has 0 radical (unpaired) electrons. The van der Waals surface area contributed by atoms with E-state index >= 15 is 0 Å². The van der Waals surface area contributed by atoms with E-state index in [0.717, 1.165) is 11.1 Å². The maximum Gasteiger partial charge on any atom is 0.408 e. The molecule has 2 aromatic carbocycles. The Labute approximate surface area is 190 Å². The lowest BCUT2D eigenvalue weighted by Gasteiger charge is -2.17. The molecule has 1 aromatic heterocycles. The average molecular weight is 458 g/mol. The van der Waals surface area contributed by atoms with Crippen LogP contribution in [-0.2, 0) is 16.1 Å². The highest BCUT2D eigenvalue weighted by Gasteiger charge is 2.24. The van der Waals surface area contributed by atoms with Crippen LogP contribution in [0.25, 0.3) is 11.0 Å². The molecule has 7 nitrogen and oxygen atoms in total. The largest absolute Gasteiger partial charge is 0.445 e. The number of benzene rings is 2. The predicted molar refractivity (Wildman–Crippen MR) is 121 cm³/mol. The van der Waals surface area contributed by atoms with Gasteiger partial charge in [0, 0.05) is 17.0 Å². The van der Waals surface area contributed by atoms with Crippen LogP contribution in [-0.4, -0.2) is 18.1 Å². The number of rotatable bonds is 7. The quantitative estimate of drug-likeness (QED) is 0.302. The van der Waals surface area contributed by atoms with Crippen LogP contribution in [0.4, 0.5) is 4.79 Å². The second-order valence-corrected chi connectivity index (χ2v) is 7.79. The van der Waals surface area contributed by atoms with E-state index in [2.05, 4.69) is 5.32 Å². The van der Waals surface area contributed by atoms with E-state index < -0.39 is 23.7 Å². The highest BCUT2D eigenvalue weighted by Crippen LogP contribution is 2.32. The summed E-state index contributed by atoms with van der Waals surface area (Å²) in [5.41, 5.74) is 1.84. The first-order valence-electron chi connectivity index (χ1n) is 10.2. The molecule has 0 saturated carbocycles. The fraction of sp³-hybridized carbons (Fsp3) is 0.292. The van der Waals surface area contributed by atoms with Crippen molar-refractivity contribution in [1.29, 1.82) is 0 Å². The van der Waals surface area contributed by atoms with Gasteiger partial charge in [0.05, 0.1) is 5.02 Å². The van der Waals surface area contributed by atoms with Gasteiger partial charge >= 0.3 is 17.7 Å². The zero-order valence-corrected chi connectivity index (χ0v) is 18.8. The molecule has 3 aromatic rings. The standard InChI is InChI=1S/C24H24ClNO6/c1-4-8-19(26-24(29)30-13-16-9-6-5-7-10-16)23(28)32-21-12-20-17(11-18(21)25)14(2)15(3)22(27)31-20/h5-7,9-12,19H,4,8,13H2,1-3H3,(H,26,29). The number of carbonyl (C=O) groups is 2. The minimum Gasteiger partial charge on any atom is -0.445 e. The van der Waals surface area contributed by atoms with E-state index in [9.17, 15) is 14.4 Å². The Morgan fingerprint density at radius 3 is 2.53 bits per heavy atom. The van der Waals surface area contributed by atoms with Crippen molar-refractivity contribution in [3.63, 3.8) is 0 Å². The van der Waals surface area contributed by atoms with Crippen molar-refractivity contribution in [2.45, 2.75) is 46.3 Å². The summed E-state index contributed by atoms with van der Waals surface area (Å²) in [4.78, 5) is 36.9. The first-order valence-corrected chi connectivity index (χ1v) is 10.6. The van der Waals surface area contributed by atoms with E-state index in [1.165, 1.54) is 6.07 Å². The van der Waals surface area contributed by atoms with Crippen LogP contribution in [0.15, 0.2) is 51.7 Å². The number of aryl methyl sites for hydroxylation is 1. The van der Waals surface area contributed by atoms with E-state index in [1.807, 2.05) is 37.3 Å². The molecule has 0 fully saturated rings. The minimum absolute atomic E-state index is 0.0381. The number of halogens is 1. The molecule has 1 atom stereocenters. The van der Waals surface area contributed by atoms with E-state index in [1.54, 1.807) is 19.9 Å². The van der Waals surface area contributed by atoms with Crippen molar-refractivity contribution in [3.05, 3.63) is 74.6 Å². The zero-order chi connectivity index (χ0) is 23.3. The fourth-order valence-corrected chi connectivity index (χ4v) is 3.35. The third kappa shape index (κ3) is 5.48. The van der Waals surface area contributed by atoms with Gasteiger partial charge in [-0.3, -0.25) is 0 Å². The van der Waals surface area contributed by atoms with Gasteiger partial charge in [-0.05, 0) is 37.5 Å². The van der Waals surface area contributed by atoms with Gasteiger partial charge in [0.1, 0.15) is 18.2 Å². The van der Waals surface area contributed by atoms with Crippen molar-refractivity contribution in [2.75, 3.05) is 0 Å². The molecular weight excluding hydrogens is 434 g/mol. The van der Waals surface area contributed by atoms with E-state index in [4.69, 9.17) is 25.5 Å². The first-order chi connectivity index (χ1) is 15.3. The number of hydrogen-bond acceptors (Lipinski definition) is 6. The van der Waals surface area contributed by atoms with Gasteiger partial charge in [0.2, 0.25) is 0 Å². The SMILES string of the molecule is CCCC(NC(=O)OCc1ccccc1)C(=O)Oc1cc2oc(=O)c(C)c(C)c2cc1Cl. The number of fused-ring (bicyclic) bond motifs is 1. The third-order valence-electron chi connectivity index (χ3n) is 5.09. The van der Waals surface area contributed by atoms with Gasteiger partial charge in [-0.1, -0.05) is 55.3 Å². The fourth-order valence-electron chi connectivity index (χ4n) is 3.15. The second-order valence-electron chi connectivity index (χ2n) is 7.39. The number of nitrogens with one attached hydrogen (secondary N) is 1. The van der Waals surface area contributed by atoms with Gasteiger partial charge in [-0.25, -0.2) is 14.4 Å². The number of amides is 1. The minimum atomic E-state index is -0.929. The summed E-state index contributed by atoms with van der Waals surface area (Å²) in [7, 11) is 0. The molecule has 0 spiro atoms. The molecule has 168 valence electrons. The molecule has 0 bridgehead atoms. The highest BCUT2D eigenvalue weighted by atomic mass is 35.5. The average Bonchev–Trinajstić information content (AvgIpc) is 2.78. The normalized spacial score (nSPS) is 11.8. The molecule has 0 aliphatic heterocycles. The van der Waals surface area contributed by atoms with Crippen LogP contribution in [0, 0.1) is 13.8 Å². The van der Waals surface area contributed by atoms with Crippen LogP contribution < -0.4 is 15.7 Å². The number of esters is 1. The Morgan fingerprint density at radius 2 is 1.84 bits per heavy atom. The Bertz CT molecular complexity index is 1190. The third-order valence-corrected chi connectivity index (χ3v) is 5.38. The second kappa shape index (κ2) is 10.3. The predicted octanol–water partition coefficient (Wildman–Crippen LogP) is 5.06. The Hall–Kier alpha value is -3.32. The number of ether oxygens (including phenoxy) is 2. The monoisotopic (exact) mass is 457 g/mol. The summed E-state index contributed by atoms with van der Waals surface area (Å²) >= 11 is 6.31. The highest BCUT2D eigenvalue weighted by molar-refractivity contribution is 6.33. The van der Waals surface area contributed by atoms with Gasteiger partial charge in [-0.2, -0.15) is 0 Å². The lowest BCUT2D eigenvalue weighted by Crippen LogP contribution is -2.43. The molecule has 1 N–H and O–H groups in total. The van der Waals surface area contributed by atoms with Crippen molar-refractivity contribution >= 4 is 34.6 Å². The molecule has 32 heavy (non-hydrogen) atoms. The molecule has 0 aliphatic rings. The molecule has 8 heteroatoms. The lowest BCUT2D eigenvalue weighted by molar-refractivity contribution is -0.136. The summed E-state index contributed by atoms with van der Waals surface area (Å²) in [6.07, 6.45) is 0.237. The van der Waals surface area contributed by atoms with Crippen LogP contribution in [0.5, 0.6) is 5.75 Å². The van der Waals surface area contributed by atoms with Crippen LogP contribution in [0.3, 0.4) is 0 Å². The summed E-state index contributed by atoms with van der Waals surface area (Å²) in [6.45, 7) is 5.41. The molecule has 3 rings (SSSR count). The summed E-state index contributed by atoms with van der Waals surface area (Å²) < 4.78 is 15.9. The van der Waals surface area contributed by atoms with E-state index in [0.29, 0.717) is 23.8 Å². The summed E-state index contributed by atoms with van der Waals surface area (Å²) in [5, 5.41) is 3.38. The van der Waals surface area contributed by atoms with Crippen molar-refractivity contribution < 1.29 is 23.5 Å². The van der Waals surface area contributed by atoms with Gasteiger partial charge < -0.3 is 19.2 Å². The Balaban J connectivity index is 1.73. The van der Waals surface area contributed by atoms with Crippen LogP contribution in [0.2, 0.25) is 5.02 Å². The van der Waals surface area contributed by atoms with Crippen molar-refractivity contribution in [2.24, 2.45) is 0 Å². The van der Waals surface area contributed by atoms with Crippen LogP contribution >= 0.6 is 11.6 Å². The molecule has 1 amide bonds. The Kier molecular flexibility index (Phi) is 7.53. The van der Waals surface area contributed by atoms with Gasteiger partial charge in [-0.15, -0.1) is 0 Å². The van der Waals surface area contributed by atoms with Crippen molar-refractivity contribution in [3.8, 4) is 5.75 Å². The van der Waals surface area contributed by atoms with Gasteiger partial charge in [0.15, 0.2) is 5.75 Å². The number of carbonyl (C=O) groups excluding carboxylic acids is 2. The summed E-state index contributed by atoms with van der Waals surface area (Å²) in [5.74, 6) is -0.660. The van der Waals surface area contributed by atoms with Gasteiger partial charge in [0.25, 0.3) is 0 Å². The number of alkyl carbamates (subject to hydrolysis) is 1. The maximum atomic E-state index is 12.7. The Morgan fingerprint density at radius 1 is 1.12 bits per heavy atom. The topological polar surface area (TPSA) is 94.8 Å². The smallest absolute Gasteiger partial charge is 0.408 e. The molecule has 1 heterocycles. The zero-order valence-electron chi connectivity index (χ0n) is 18.1. The first kappa shape index (κ1) is 23.3. The summed E-state index contributed by atoms with van der Waals surface area (Å²) in [6, 6.07) is 11.3. The molecule has 1 unspecified atom stereocenters. The lowest BCUT2D eigenvalue weighted by atomic mass is 10.1. The molecule has 0 saturated heterocycles. The van der Waals surface area contributed by atoms with Crippen LogP contribution in [0.1, 0.15) is 36.5 Å². The van der Waals surface area contributed by atoms with E-state index in [-0.39, 0.29) is 23.0 Å². The number of hydrogen-bond donors (Lipinski definition) is 1.